The minimum atomic E-state index is -0.880. The van der Waals surface area contributed by atoms with E-state index in [2.05, 4.69) is 22.0 Å². The van der Waals surface area contributed by atoms with Crippen LogP contribution in [-0.4, -0.2) is 36.4 Å². The number of oxazole rings is 1. The summed E-state index contributed by atoms with van der Waals surface area (Å²) in [6.45, 7) is 4.88. The first-order valence-corrected chi connectivity index (χ1v) is 9.31. The molecule has 3 aromatic rings. The van der Waals surface area contributed by atoms with Gasteiger partial charge < -0.3 is 19.2 Å². The first-order chi connectivity index (χ1) is 13.2. The topological polar surface area (TPSA) is 58.7 Å². The van der Waals surface area contributed by atoms with Gasteiger partial charge in [-0.15, -0.1) is 0 Å². The van der Waals surface area contributed by atoms with Crippen molar-refractivity contribution in [2.45, 2.75) is 19.4 Å². The number of aromatic nitrogens is 1. The fourth-order valence-corrected chi connectivity index (χ4v) is 3.29. The summed E-state index contributed by atoms with van der Waals surface area (Å²) in [5.74, 6) is 1.08. The summed E-state index contributed by atoms with van der Waals surface area (Å²) in [7, 11) is 0. The highest BCUT2D eigenvalue weighted by molar-refractivity contribution is 5.44. The van der Waals surface area contributed by atoms with E-state index in [1.54, 1.807) is 0 Å². The van der Waals surface area contributed by atoms with Crippen LogP contribution in [0.1, 0.15) is 34.4 Å². The van der Waals surface area contributed by atoms with Crippen molar-refractivity contribution in [2.75, 3.05) is 31.2 Å². The highest BCUT2D eigenvalue weighted by atomic mass is 16.5. The fourth-order valence-electron chi connectivity index (χ4n) is 3.29. The van der Waals surface area contributed by atoms with Crippen LogP contribution in [0, 0.1) is 6.92 Å². The lowest BCUT2D eigenvalue weighted by atomic mass is 10.1. The van der Waals surface area contributed by atoms with Gasteiger partial charge in [0.25, 0.3) is 0 Å². The number of hydrogen-bond acceptors (Lipinski definition) is 5. The Kier molecular flexibility index (Phi) is 5.23. The molecule has 1 aliphatic rings. The van der Waals surface area contributed by atoms with Crippen LogP contribution in [0.5, 0.6) is 0 Å². The van der Waals surface area contributed by atoms with Crippen molar-refractivity contribution in [3.05, 3.63) is 82.9 Å². The van der Waals surface area contributed by atoms with Crippen molar-refractivity contribution in [3.8, 4) is 0 Å². The van der Waals surface area contributed by atoms with Crippen molar-refractivity contribution in [1.82, 2.24) is 4.98 Å². The van der Waals surface area contributed by atoms with Crippen LogP contribution in [0.15, 0.2) is 59.0 Å². The monoisotopic (exact) mass is 364 g/mol. The predicted molar refractivity (Wildman–Crippen MR) is 104 cm³/mol. The molecule has 2 heterocycles. The average molecular weight is 364 g/mol. The largest absolute Gasteiger partial charge is 0.422 e. The molecule has 2 aromatic carbocycles. The molecule has 4 rings (SSSR count). The summed E-state index contributed by atoms with van der Waals surface area (Å²) in [6, 6.07) is 18.0. The quantitative estimate of drug-likeness (QED) is 0.751. The number of aliphatic hydroxyl groups excluding tert-OH is 1. The van der Waals surface area contributed by atoms with E-state index in [4.69, 9.17) is 9.15 Å². The Bertz CT molecular complexity index is 868. The summed E-state index contributed by atoms with van der Waals surface area (Å²) < 4.78 is 11.5. The van der Waals surface area contributed by atoms with Crippen LogP contribution in [0.3, 0.4) is 0 Å². The van der Waals surface area contributed by atoms with Gasteiger partial charge in [-0.1, -0.05) is 60.2 Å². The number of aliphatic hydroxyl groups is 1. The zero-order valence-corrected chi connectivity index (χ0v) is 15.5. The molecule has 1 aromatic heterocycles. The zero-order valence-electron chi connectivity index (χ0n) is 15.5. The van der Waals surface area contributed by atoms with Crippen LogP contribution >= 0.6 is 0 Å². The number of ether oxygens (including phenoxy) is 1. The van der Waals surface area contributed by atoms with Gasteiger partial charge in [-0.25, -0.2) is 4.98 Å². The molecule has 1 unspecified atom stereocenters. The predicted octanol–water partition coefficient (Wildman–Crippen LogP) is 3.49. The third kappa shape index (κ3) is 4.04. The average Bonchev–Trinajstić information content (AvgIpc) is 3.13. The Hall–Kier alpha value is -2.63. The van der Waals surface area contributed by atoms with Gasteiger partial charge in [0.15, 0.2) is 6.10 Å². The molecular formula is C22H24N2O3. The molecule has 140 valence electrons. The van der Waals surface area contributed by atoms with Gasteiger partial charge in [0.2, 0.25) is 11.8 Å². The molecule has 5 nitrogen and oxygen atoms in total. The molecule has 1 fully saturated rings. The van der Waals surface area contributed by atoms with Crippen LogP contribution < -0.4 is 4.90 Å². The standard InChI is InChI=1S/C22H24N2O3/c1-16-7-9-18(10-8-16)20(25)21-23-19(15-17-5-3-2-4-6-17)22(27-21)24-11-13-26-14-12-24/h2-10,20,25H,11-15H2,1H3. The van der Waals surface area contributed by atoms with Crippen molar-refractivity contribution in [3.63, 3.8) is 0 Å². The minimum Gasteiger partial charge on any atom is -0.422 e. The first-order valence-electron chi connectivity index (χ1n) is 9.31. The molecule has 0 aliphatic carbocycles. The number of rotatable bonds is 5. The van der Waals surface area contributed by atoms with Gasteiger partial charge in [0.05, 0.1) is 13.2 Å². The molecule has 1 N–H and O–H groups in total. The smallest absolute Gasteiger partial charge is 0.230 e. The minimum absolute atomic E-state index is 0.339. The second-order valence-electron chi connectivity index (χ2n) is 6.88. The van der Waals surface area contributed by atoms with Gasteiger partial charge in [-0.2, -0.15) is 0 Å². The van der Waals surface area contributed by atoms with E-state index in [-0.39, 0.29) is 0 Å². The second kappa shape index (κ2) is 7.94. The van der Waals surface area contributed by atoms with Crippen LogP contribution in [0.4, 0.5) is 5.88 Å². The van der Waals surface area contributed by atoms with Gasteiger partial charge in [-0.05, 0) is 18.1 Å². The summed E-state index contributed by atoms with van der Waals surface area (Å²) in [5, 5.41) is 10.8. The lowest BCUT2D eigenvalue weighted by molar-refractivity contribution is 0.119. The first kappa shape index (κ1) is 17.8. The maximum absolute atomic E-state index is 10.8. The van der Waals surface area contributed by atoms with E-state index in [0.29, 0.717) is 25.5 Å². The maximum Gasteiger partial charge on any atom is 0.230 e. The Morgan fingerprint density at radius 3 is 2.44 bits per heavy atom. The number of aryl methyl sites for hydroxylation is 1. The third-order valence-corrected chi connectivity index (χ3v) is 4.83. The lowest BCUT2D eigenvalue weighted by Gasteiger charge is -2.26. The van der Waals surface area contributed by atoms with Gasteiger partial charge in [-0.3, -0.25) is 0 Å². The van der Waals surface area contributed by atoms with Crippen molar-refractivity contribution in [2.24, 2.45) is 0 Å². The summed E-state index contributed by atoms with van der Waals surface area (Å²) in [6.07, 6.45) is -0.215. The van der Waals surface area contributed by atoms with Gasteiger partial charge >= 0.3 is 0 Å². The molecule has 1 saturated heterocycles. The number of hydrogen-bond donors (Lipinski definition) is 1. The second-order valence-corrected chi connectivity index (χ2v) is 6.88. The van der Waals surface area contributed by atoms with E-state index in [9.17, 15) is 5.11 Å². The number of benzene rings is 2. The molecule has 0 spiro atoms. The molecule has 1 aliphatic heterocycles. The van der Waals surface area contributed by atoms with E-state index in [1.165, 1.54) is 0 Å². The van der Waals surface area contributed by atoms with Gasteiger partial charge in [0.1, 0.15) is 5.69 Å². The molecule has 27 heavy (non-hydrogen) atoms. The van der Waals surface area contributed by atoms with E-state index in [0.717, 1.165) is 41.4 Å². The number of nitrogens with zero attached hydrogens (tertiary/aromatic N) is 2. The molecule has 5 heteroatoms. The van der Waals surface area contributed by atoms with Gasteiger partial charge in [0, 0.05) is 19.5 Å². The van der Waals surface area contributed by atoms with Crippen LogP contribution in [0.2, 0.25) is 0 Å². The number of morpholine rings is 1. The van der Waals surface area contributed by atoms with Crippen LogP contribution in [0.25, 0.3) is 0 Å². The number of anilines is 1. The van der Waals surface area contributed by atoms with E-state index < -0.39 is 6.10 Å². The van der Waals surface area contributed by atoms with Crippen molar-refractivity contribution < 1.29 is 14.3 Å². The molecular weight excluding hydrogens is 340 g/mol. The van der Waals surface area contributed by atoms with Crippen molar-refractivity contribution in [1.29, 1.82) is 0 Å². The summed E-state index contributed by atoms with van der Waals surface area (Å²) >= 11 is 0. The zero-order chi connectivity index (χ0) is 18.6. The normalized spacial score (nSPS) is 15.7. The molecule has 0 radical (unpaired) electrons. The Balaban J connectivity index is 1.66. The van der Waals surface area contributed by atoms with Crippen molar-refractivity contribution >= 4 is 5.88 Å². The molecule has 0 bridgehead atoms. The summed E-state index contributed by atoms with van der Waals surface area (Å²) in [5.41, 5.74) is 3.94. The Morgan fingerprint density at radius 1 is 1.04 bits per heavy atom. The maximum atomic E-state index is 10.8. The van der Waals surface area contributed by atoms with E-state index in [1.807, 2.05) is 49.4 Å². The highest BCUT2D eigenvalue weighted by Crippen LogP contribution is 2.30. The fraction of sp³-hybridized carbons (Fsp3) is 0.318. The summed E-state index contributed by atoms with van der Waals surface area (Å²) in [4.78, 5) is 6.83. The lowest BCUT2D eigenvalue weighted by Crippen LogP contribution is -2.36. The molecule has 0 amide bonds. The Labute approximate surface area is 159 Å². The third-order valence-electron chi connectivity index (χ3n) is 4.83. The highest BCUT2D eigenvalue weighted by Gasteiger charge is 2.25. The molecule has 0 saturated carbocycles. The van der Waals surface area contributed by atoms with E-state index >= 15 is 0 Å². The molecule has 1 atom stereocenters. The Morgan fingerprint density at radius 2 is 1.74 bits per heavy atom. The van der Waals surface area contributed by atoms with Crippen LogP contribution in [-0.2, 0) is 11.2 Å². The SMILES string of the molecule is Cc1ccc(C(O)c2nc(Cc3ccccc3)c(N3CCOCC3)o2)cc1.